The molecule has 0 radical (unpaired) electrons. The Kier molecular flexibility index (Phi) is 11.4. The van der Waals surface area contributed by atoms with Gasteiger partial charge in [0.05, 0.1) is 43.2 Å². The minimum Gasteiger partial charge on any atom is -0.453 e. The minimum absolute atomic E-state index is 0.0955. The standard InChI is InChI=1S/C47H56N8O6/c1-26(2)39(52-45(58)60-6)42(56)54-22-8-9-38(54)41-49-35-21-18-32(23-36(35)50-41)30-12-10-28(11-13-30)29-14-16-31(17-15-29)37-25-48-44(51-37)47(5)33-19-20-34(24-33)55(47)43(57)40(27(3)4)53-46(59)61-7/h10-18,21,23,25-27,33-34,38-40H,8-9,19-20,22,24H2,1-7H3,(H,48,51)(H,49,50)(H,52,58)(H,53,59)/t33-,34+,38-,39-,40-,47-/m0/s1. The lowest BCUT2D eigenvalue weighted by Crippen LogP contribution is -2.59. The molecule has 0 spiro atoms. The van der Waals surface area contributed by atoms with E-state index in [1.165, 1.54) is 14.2 Å². The van der Waals surface area contributed by atoms with Crippen LogP contribution in [0, 0.1) is 17.8 Å². The number of aromatic amines is 2. The summed E-state index contributed by atoms with van der Waals surface area (Å²) in [5, 5.41) is 5.49. The van der Waals surface area contributed by atoms with Crippen molar-refractivity contribution in [3.63, 3.8) is 0 Å². The van der Waals surface area contributed by atoms with E-state index in [0.29, 0.717) is 6.54 Å². The van der Waals surface area contributed by atoms with Gasteiger partial charge < -0.3 is 39.9 Å². The van der Waals surface area contributed by atoms with E-state index >= 15 is 0 Å². The molecular formula is C47H56N8O6. The number of imidazole rings is 2. The van der Waals surface area contributed by atoms with Gasteiger partial charge in [0, 0.05) is 12.6 Å². The van der Waals surface area contributed by atoms with Gasteiger partial charge in [-0.15, -0.1) is 0 Å². The van der Waals surface area contributed by atoms with Crippen LogP contribution in [0.2, 0.25) is 0 Å². The lowest BCUT2D eigenvalue weighted by atomic mass is 9.83. The van der Waals surface area contributed by atoms with E-state index in [4.69, 9.17) is 19.4 Å². The maximum absolute atomic E-state index is 14.1. The molecule has 5 aromatic rings. The van der Waals surface area contributed by atoms with Crippen LogP contribution in [-0.2, 0) is 24.6 Å². The summed E-state index contributed by atoms with van der Waals surface area (Å²) in [5.74, 6) is 1.30. The number of rotatable bonds is 11. The van der Waals surface area contributed by atoms with Gasteiger partial charge in [-0.05, 0) is 96.7 Å². The molecule has 4 heterocycles. The van der Waals surface area contributed by atoms with Gasteiger partial charge in [0.25, 0.3) is 0 Å². The molecular weight excluding hydrogens is 773 g/mol. The fraction of sp³-hybridized carbons (Fsp3) is 0.447. The van der Waals surface area contributed by atoms with Gasteiger partial charge in [0.2, 0.25) is 11.8 Å². The summed E-state index contributed by atoms with van der Waals surface area (Å²) in [5.41, 5.74) is 7.24. The van der Waals surface area contributed by atoms with Crippen molar-refractivity contribution in [2.45, 2.75) is 96.4 Å². The second-order valence-corrected chi connectivity index (χ2v) is 17.6. The summed E-state index contributed by atoms with van der Waals surface area (Å²) in [6, 6.07) is 21.5. The van der Waals surface area contributed by atoms with Crippen molar-refractivity contribution < 1.29 is 28.7 Å². The fourth-order valence-electron chi connectivity index (χ4n) is 9.83. The Morgan fingerprint density at radius 3 is 1.93 bits per heavy atom. The Bertz CT molecular complexity index is 2420. The maximum Gasteiger partial charge on any atom is 0.407 e. The summed E-state index contributed by atoms with van der Waals surface area (Å²) in [4.78, 5) is 72.6. The van der Waals surface area contributed by atoms with Crippen molar-refractivity contribution in [2.24, 2.45) is 17.8 Å². The highest BCUT2D eigenvalue weighted by Gasteiger charge is 2.59. The lowest BCUT2D eigenvalue weighted by Gasteiger charge is -2.45. The number of ether oxygens (including phenoxy) is 2. The zero-order valence-electron chi connectivity index (χ0n) is 36.0. The van der Waals surface area contributed by atoms with Crippen LogP contribution in [0.15, 0.2) is 72.9 Å². The minimum atomic E-state index is -0.702. The summed E-state index contributed by atoms with van der Waals surface area (Å²) in [6.07, 6.45) is 5.12. The Morgan fingerprint density at radius 2 is 1.33 bits per heavy atom. The zero-order valence-corrected chi connectivity index (χ0v) is 36.0. The summed E-state index contributed by atoms with van der Waals surface area (Å²) < 4.78 is 9.63. The molecule has 2 saturated heterocycles. The number of methoxy groups -OCH3 is 2. The number of piperidine rings is 1. The Balaban J connectivity index is 0.960. The number of H-pyrrole nitrogens is 2. The molecule has 3 fully saturated rings. The average molecular weight is 829 g/mol. The van der Waals surface area contributed by atoms with Gasteiger partial charge in [0.1, 0.15) is 29.3 Å². The number of aromatic nitrogens is 4. The molecule has 1 saturated carbocycles. The van der Waals surface area contributed by atoms with Crippen molar-refractivity contribution in [1.82, 2.24) is 40.4 Å². The third-order valence-electron chi connectivity index (χ3n) is 13.2. The monoisotopic (exact) mass is 828 g/mol. The average Bonchev–Trinajstić information content (AvgIpc) is 4.12. The van der Waals surface area contributed by atoms with Crippen molar-refractivity contribution in [3.8, 4) is 33.5 Å². The Labute approximate surface area is 356 Å². The number of nitrogens with one attached hydrogen (secondary N) is 4. The van der Waals surface area contributed by atoms with Crippen LogP contribution in [0.25, 0.3) is 44.5 Å². The third-order valence-corrected chi connectivity index (χ3v) is 13.2. The van der Waals surface area contributed by atoms with Gasteiger partial charge in [0.15, 0.2) is 0 Å². The topological polar surface area (TPSA) is 175 Å². The molecule has 1 aliphatic carbocycles. The SMILES string of the molecule is COC(=O)N[C@H](C(=O)N1CCC[C@H]1c1nc2ccc(-c3ccc(-c4ccc(-c5cnc([C@]6(C)[C@H]7CC[C@H](C7)N6C(=O)[C@@H](NC(=O)OC)C(C)C)[nH]5)cc4)cc3)cc2[nH]1)C(C)C. The smallest absolute Gasteiger partial charge is 0.407 e. The number of carbonyl (C=O) groups is 4. The van der Waals surface area contributed by atoms with Gasteiger partial charge >= 0.3 is 12.2 Å². The van der Waals surface area contributed by atoms with E-state index in [1.807, 2.05) is 49.8 Å². The van der Waals surface area contributed by atoms with Crippen LogP contribution >= 0.6 is 0 Å². The number of hydrogen-bond acceptors (Lipinski definition) is 8. The molecule has 2 aromatic heterocycles. The molecule has 2 bridgehead atoms. The molecule has 3 aromatic carbocycles. The van der Waals surface area contributed by atoms with E-state index in [1.54, 1.807) is 0 Å². The summed E-state index contributed by atoms with van der Waals surface area (Å²) in [6.45, 7) is 10.4. The van der Waals surface area contributed by atoms with E-state index < -0.39 is 29.8 Å². The van der Waals surface area contributed by atoms with Gasteiger partial charge in [-0.1, -0.05) is 82.3 Å². The normalized spacial score (nSPS) is 21.9. The van der Waals surface area contributed by atoms with E-state index in [-0.39, 0.29) is 41.7 Å². The molecule has 14 nitrogen and oxygen atoms in total. The molecule has 4 N–H and O–H groups in total. The molecule has 2 aliphatic heterocycles. The predicted octanol–water partition coefficient (Wildman–Crippen LogP) is 7.94. The molecule has 61 heavy (non-hydrogen) atoms. The van der Waals surface area contributed by atoms with Crippen LogP contribution in [0.1, 0.15) is 84.4 Å². The summed E-state index contributed by atoms with van der Waals surface area (Å²) >= 11 is 0. The van der Waals surface area contributed by atoms with Crippen molar-refractivity contribution in [1.29, 1.82) is 0 Å². The number of nitrogens with zero attached hydrogens (tertiary/aromatic N) is 4. The van der Waals surface area contributed by atoms with Crippen LogP contribution < -0.4 is 10.6 Å². The first kappa shape index (κ1) is 41.5. The number of carbonyl (C=O) groups excluding carboxylic acids is 4. The van der Waals surface area contributed by atoms with Crippen molar-refractivity contribution in [3.05, 3.63) is 84.6 Å². The molecule has 6 atom stereocenters. The van der Waals surface area contributed by atoms with E-state index in [9.17, 15) is 19.2 Å². The number of fused-ring (bicyclic) bond motifs is 3. The molecule has 320 valence electrons. The fourth-order valence-corrected chi connectivity index (χ4v) is 9.83. The maximum atomic E-state index is 14.1. The molecule has 8 rings (SSSR count). The van der Waals surface area contributed by atoms with Crippen LogP contribution in [-0.4, -0.2) is 92.6 Å². The second-order valence-electron chi connectivity index (χ2n) is 17.6. The zero-order chi connectivity index (χ0) is 43.2. The number of likely N-dealkylation sites (tertiary alicyclic amines) is 2. The summed E-state index contributed by atoms with van der Waals surface area (Å²) in [7, 11) is 2.60. The number of amides is 4. The highest BCUT2D eigenvalue weighted by atomic mass is 16.5. The first-order valence-corrected chi connectivity index (χ1v) is 21.4. The number of benzene rings is 3. The van der Waals surface area contributed by atoms with Crippen molar-refractivity contribution >= 4 is 35.0 Å². The lowest BCUT2D eigenvalue weighted by molar-refractivity contribution is -0.144. The molecule has 0 unspecified atom stereocenters. The molecule has 3 aliphatic rings. The van der Waals surface area contributed by atoms with Crippen molar-refractivity contribution in [2.75, 3.05) is 20.8 Å². The van der Waals surface area contributed by atoms with Crippen LogP contribution in [0.5, 0.6) is 0 Å². The second kappa shape index (κ2) is 16.7. The Hall–Kier alpha value is -6.18. The quantitative estimate of drug-likeness (QED) is 0.104. The first-order valence-electron chi connectivity index (χ1n) is 21.4. The van der Waals surface area contributed by atoms with Crippen LogP contribution in [0.3, 0.4) is 0 Å². The van der Waals surface area contributed by atoms with Gasteiger partial charge in [-0.25, -0.2) is 19.6 Å². The van der Waals surface area contributed by atoms with E-state index in [0.717, 1.165) is 88.3 Å². The molecule has 14 heteroatoms. The molecule has 4 amide bonds. The van der Waals surface area contributed by atoms with E-state index in [2.05, 4.69) is 88.2 Å². The Morgan fingerprint density at radius 1 is 0.754 bits per heavy atom. The largest absolute Gasteiger partial charge is 0.453 e. The third kappa shape index (κ3) is 7.72. The first-order chi connectivity index (χ1) is 29.3. The van der Waals surface area contributed by atoms with Gasteiger partial charge in [-0.3, -0.25) is 9.59 Å². The van der Waals surface area contributed by atoms with Crippen LogP contribution in [0.4, 0.5) is 9.59 Å². The number of hydrogen-bond donors (Lipinski definition) is 4. The van der Waals surface area contributed by atoms with Gasteiger partial charge in [-0.2, -0.15) is 0 Å². The number of alkyl carbamates (subject to hydrolysis) is 2. The highest BCUT2D eigenvalue weighted by Crippen LogP contribution is 2.54. The highest BCUT2D eigenvalue weighted by molar-refractivity contribution is 5.88. The predicted molar refractivity (Wildman–Crippen MR) is 232 cm³/mol.